The van der Waals surface area contributed by atoms with Gasteiger partial charge in [0, 0.05) is 39.1 Å². The molecule has 0 aromatic rings. The van der Waals surface area contributed by atoms with E-state index in [0.29, 0.717) is 26.1 Å². The summed E-state index contributed by atoms with van der Waals surface area (Å²) in [5, 5.41) is 2.86. The number of nitrogens with one attached hydrogen (secondary N) is 1. The molecule has 5 heteroatoms. The summed E-state index contributed by atoms with van der Waals surface area (Å²) in [7, 11) is 1.59. The van der Waals surface area contributed by atoms with Gasteiger partial charge in [-0.15, -0.1) is 0 Å². The Kier molecular flexibility index (Phi) is 6.80. The maximum absolute atomic E-state index is 11.6. The van der Waals surface area contributed by atoms with Crippen molar-refractivity contribution in [3.05, 3.63) is 0 Å². The summed E-state index contributed by atoms with van der Waals surface area (Å²) >= 11 is 0. The second kappa shape index (κ2) is 7.27. The molecule has 0 atom stereocenters. The molecular weight excluding hydrogens is 220 g/mol. The molecule has 0 aliphatic heterocycles. The van der Waals surface area contributed by atoms with Crippen molar-refractivity contribution in [1.82, 2.24) is 10.2 Å². The summed E-state index contributed by atoms with van der Waals surface area (Å²) in [6.07, 6.45) is 0.320. The number of hydrogen-bond acceptors (Lipinski definition) is 3. The van der Waals surface area contributed by atoms with Crippen molar-refractivity contribution in [1.29, 1.82) is 0 Å². The molecule has 0 saturated carbocycles. The van der Waals surface area contributed by atoms with Crippen LogP contribution in [0.25, 0.3) is 0 Å². The lowest BCUT2D eigenvalue weighted by molar-refractivity contribution is -0.130. The Labute approximate surface area is 103 Å². The van der Waals surface area contributed by atoms with E-state index in [2.05, 4.69) is 5.32 Å². The van der Waals surface area contributed by atoms with Gasteiger partial charge in [0.2, 0.25) is 11.8 Å². The number of ether oxygens (including phenoxy) is 1. The lowest BCUT2D eigenvalue weighted by Gasteiger charge is -2.23. The van der Waals surface area contributed by atoms with Crippen LogP contribution >= 0.6 is 0 Å². The van der Waals surface area contributed by atoms with E-state index >= 15 is 0 Å². The zero-order valence-electron chi connectivity index (χ0n) is 11.5. The standard InChI is InChI=1S/C12H24N2O3/c1-10(15)14(8-9-17-5)7-6-11(16)13-12(2,3)4/h6-9H2,1-5H3,(H,13,16). The van der Waals surface area contributed by atoms with Crippen LogP contribution in [0.15, 0.2) is 0 Å². The lowest BCUT2D eigenvalue weighted by Crippen LogP contribution is -2.42. The molecule has 0 aromatic heterocycles. The van der Waals surface area contributed by atoms with Crippen molar-refractivity contribution >= 4 is 11.8 Å². The number of rotatable bonds is 6. The van der Waals surface area contributed by atoms with Gasteiger partial charge in [0.05, 0.1) is 6.61 Å². The van der Waals surface area contributed by atoms with E-state index in [9.17, 15) is 9.59 Å². The molecule has 0 heterocycles. The van der Waals surface area contributed by atoms with E-state index in [1.165, 1.54) is 6.92 Å². The Morgan fingerprint density at radius 3 is 2.24 bits per heavy atom. The third-order valence-electron chi connectivity index (χ3n) is 2.13. The topological polar surface area (TPSA) is 58.6 Å². The van der Waals surface area contributed by atoms with Gasteiger partial charge in [-0.2, -0.15) is 0 Å². The Morgan fingerprint density at radius 1 is 1.24 bits per heavy atom. The number of amides is 2. The Morgan fingerprint density at radius 2 is 1.82 bits per heavy atom. The van der Waals surface area contributed by atoms with E-state index in [1.807, 2.05) is 20.8 Å². The average Bonchev–Trinajstić information content (AvgIpc) is 2.14. The molecule has 0 unspecified atom stereocenters. The molecule has 0 bridgehead atoms. The number of carbonyl (C=O) groups excluding carboxylic acids is 2. The highest BCUT2D eigenvalue weighted by molar-refractivity contribution is 5.78. The van der Waals surface area contributed by atoms with Crippen molar-refractivity contribution in [3.8, 4) is 0 Å². The highest BCUT2D eigenvalue weighted by atomic mass is 16.5. The van der Waals surface area contributed by atoms with Crippen molar-refractivity contribution in [2.75, 3.05) is 26.8 Å². The fraction of sp³-hybridized carbons (Fsp3) is 0.833. The molecule has 0 radical (unpaired) electrons. The highest BCUT2D eigenvalue weighted by Crippen LogP contribution is 2.00. The van der Waals surface area contributed by atoms with Crippen molar-refractivity contribution in [2.45, 2.75) is 39.7 Å². The molecular formula is C12H24N2O3. The van der Waals surface area contributed by atoms with Gasteiger partial charge >= 0.3 is 0 Å². The maximum atomic E-state index is 11.6. The van der Waals surface area contributed by atoms with Crippen LogP contribution in [-0.2, 0) is 14.3 Å². The van der Waals surface area contributed by atoms with Crippen LogP contribution in [0.2, 0.25) is 0 Å². The minimum absolute atomic E-state index is 0.0365. The van der Waals surface area contributed by atoms with Crippen LogP contribution in [0.3, 0.4) is 0 Å². The number of methoxy groups -OCH3 is 1. The van der Waals surface area contributed by atoms with Gasteiger partial charge in [0.1, 0.15) is 0 Å². The summed E-state index contributed by atoms with van der Waals surface area (Å²) in [5.41, 5.74) is -0.231. The minimum atomic E-state index is -0.231. The van der Waals surface area contributed by atoms with E-state index in [1.54, 1.807) is 12.0 Å². The number of nitrogens with zero attached hydrogens (tertiary/aromatic N) is 1. The average molecular weight is 244 g/mol. The van der Waals surface area contributed by atoms with Gasteiger partial charge < -0.3 is 15.0 Å². The van der Waals surface area contributed by atoms with Crippen LogP contribution in [0, 0.1) is 0 Å². The number of hydrogen-bond donors (Lipinski definition) is 1. The van der Waals surface area contributed by atoms with E-state index < -0.39 is 0 Å². The molecule has 100 valence electrons. The summed E-state index contributed by atoms with van der Waals surface area (Å²) in [6.45, 7) is 8.72. The van der Waals surface area contributed by atoms with Gasteiger partial charge in [-0.25, -0.2) is 0 Å². The first-order valence-electron chi connectivity index (χ1n) is 5.81. The largest absolute Gasteiger partial charge is 0.383 e. The smallest absolute Gasteiger partial charge is 0.222 e. The maximum Gasteiger partial charge on any atom is 0.222 e. The zero-order chi connectivity index (χ0) is 13.5. The van der Waals surface area contributed by atoms with Gasteiger partial charge in [-0.3, -0.25) is 9.59 Å². The van der Waals surface area contributed by atoms with Crippen LogP contribution < -0.4 is 5.32 Å². The summed E-state index contributed by atoms with van der Waals surface area (Å²) in [6, 6.07) is 0. The normalized spacial score (nSPS) is 11.1. The fourth-order valence-corrected chi connectivity index (χ4v) is 1.35. The molecule has 0 aliphatic carbocycles. The van der Waals surface area contributed by atoms with E-state index in [-0.39, 0.29) is 17.4 Å². The van der Waals surface area contributed by atoms with Crippen LogP contribution in [0.5, 0.6) is 0 Å². The second-order valence-corrected chi connectivity index (χ2v) is 5.05. The van der Waals surface area contributed by atoms with Crippen LogP contribution in [0.4, 0.5) is 0 Å². The molecule has 2 amide bonds. The SMILES string of the molecule is COCCN(CCC(=O)NC(C)(C)C)C(C)=O. The molecule has 0 saturated heterocycles. The summed E-state index contributed by atoms with van der Waals surface area (Å²) in [5.74, 6) is -0.0771. The first-order valence-corrected chi connectivity index (χ1v) is 5.81. The van der Waals surface area contributed by atoms with Gasteiger partial charge in [0.25, 0.3) is 0 Å². The Balaban J connectivity index is 4.04. The summed E-state index contributed by atoms with van der Waals surface area (Å²) < 4.78 is 4.92. The molecule has 1 N–H and O–H groups in total. The quantitative estimate of drug-likeness (QED) is 0.751. The number of carbonyl (C=O) groups is 2. The van der Waals surface area contributed by atoms with Gasteiger partial charge in [-0.05, 0) is 20.8 Å². The highest BCUT2D eigenvalue weighted by Gasteiger charge is 2.15. The molecule has 17 heavy (non-hydrogen) atoms. The van der Waals surface area contributed by atoms with Gasteiger partial charge in [0.15, 0.2) is 0 Å². The molecule has 0 spiro atoms. The van der Waals surface area contributed by atoms with Crippen molar-refractivity contribution < 1.29 is 14.3 Å². The summed E-state index contributed by atoms with van der Waals surface area (Å²) in [4.78, 5) is 24.5. The third kappa shape index (κ3) is 8.68. The first kappa shape index (κ1) is 15.9. The predicted molar refractivity (Wildman–Crippen MR) is 66.6 cm³/mol. The molecule has 0 aromatic carbocycles. The Bertz CT molecular complexity index is 259. The fourth-order valence-electron chi connectivity index (χ4n) is 1.35. The van der Waals surface area contributed by atoms with E-state index in [0.717, 1.165) is 0 Å². The zero-order valence-corrected chi connectivity index (χ0v) is 11.5. The molecule has 0 rings (SSSR count). The molecule has 0 aliphatic rings. The first-order chi connectivity index (χ1) is 7.76. The third-order valence-corrected chi connectivity index (χ3v) is 2.13. The lowest BCUT2D eigenvalue weighted by atomic mass is 10.1. The molecule has 5 nitrogen and oxygen atoms in total. The van der Waals surface area contributed by atoms with Crippen molar-refractivity contribution in [2.24, 2.45) is 0 Å². The van der Waals surface area contributed by atoms with E-state index in [4.69, 9.17) is 4.74 Å². The Hall–Kier alpha value is -1.10. The van der Waals surface area contributed by atoms with Crippen LogP contribution in [0.1, 0.15) is 34.1 Å². The monoisotopic (exact) mass is 244 g/mol. The predicted octanol–water partition coefficient (Wildman–Crippen LogP) is 0.786. The minimum Gasteiger partial charge on any atom is -0.383 e. The second-order valence-electron chi connectivity index (χ2n) is 5.05. The van der Waals surface area contributed by atoms with Crippen LogP contribution in [-0.4, -0.2) is 49.1 Å². The molecule has 0 fully saturated rings. The van der Waals surface area contributed by atoms with Crippen molar-refractivity contribution in [3.63, 3.8) is 0 Å². The van der Waals surface area contributed by atoms with Gasteiger partial charge in [-0.1, -0.05) is 0 Å².